The molecule has 2 rings (SSSR count). The van der Waals surface area contributed by atoms with Crippen LogP contribution in [0.3, 0.4) is 0 Å². The zero-order chi connectivity index (χ0) is 11.5. The molecule has 0 saturated carbocycles. The molecule has 1 heterocycles. The van der Waals surface area contributed by atoms with Crippen LogP contribution in [0.15, 0.2) is 18.2 Å². The summed E-state index contributed by atoms with van der Waals surface area (Å²) in [6.07, 6.45) is 1.66. The molecule has 4 nitrogen and oxygen atoms in total. The standard InChI is InChI=1S/C11H13FN2O2/c12-11-9(8-4-6-13-7-5-8)2-1-3-10(11)14(15)16/h1-3,8,13H,4-7H2. The first-order valence-electron chi connectivity index (χ1n) is 5.33. The fourth-order valence-electron chi connectivity index (χ4n) is 2.13. The van der Waals surface area contributed by atoms with E-state index in [-0.39, 0.29) is 5.92 Å². The van der Waals surface area contributed by atoms with E-state index in [1.165, 1.54) is 6.07 Å². The molecule has 0 radical (unpaired) electrons. The van der Waals surface area contributed by atoms with Crippen LogP contribution in [0.25, 0.3) is 0 Å². The molecule has 1 aliphatic heterocycles. The SMILES string of the molecule is O=[N+]([O-])c1cccc(C2CCNCC2)c1F. The van der Waals surface area contributed by atoms with Gasteiger partial charge >= 0.3 is 5.69 Å². The smallest absolute Gasteiger partial charge is 0.305 e. The van der Waals surface area contributed by atoms with Gasteiger partial charge in [-0.05, 0) is 37.4 Å². The number of halogens is 1. The van der Waals surface area contributed by atoms with E-state index in [0.29, 0.717) is 5.56 Å². The fourth-order valence-corrected chi connectivity index (χ4v) is 2.13. The van der Waals surface area contributed by atoms with E-state index in [1.807, 2.05) is 0 Å². The minimum absolute atomic E-state index is 0.0983. The average molecular weight is 224 g/mol. The van der Waals surface area contributed by atoms with Gasteiger partial charge in [0, 0.05) is 6.07 Å². The third-order valence-corrected chi connectivity index (χ3v) is 2.98. The quantitative estimate of drug-likeness (QED) is 0.619. The molecule has 0 unspecified atom stereocenters. The number of nitro benzene ring substituents is 1. The first-order valence-corrected chi connectivity index (χ1v) is 5.33. The summed E-state index contributed by atoms with van der Waals surface area (Å²) in [6.45, 7) is 1.68. The van der Waals surface area contributed by atoms with Gasteiger partial charge in [-0.3, -0.25) is 10.1 Å². The van der Waals surface area contributed by atoms with Crippen LogP contribution in [-0.4, -0.2) is 18.0 Å². The minimum atomic E-state index is -0.667. The van der Waals surface area contributed by atoms with E-state index in [1.54, 1.807) is 12.1 Å². The number of hydrogen-bond acceptors (Lipinski definition) is 3. The van der Waals surface area contributed by atoms with Crippen molar-refractivity contribution in [2.75, 3.05) is 13.1 Å². The van der Waals surface area contributed by atoms with E-state index in [2.05, 4.69) is 5.32 Å². The van der Waals surface area contributed by atoms with Crippen molar-refractivity contribution in [1.82, 2.24) is 5.32 Å². The van der Waals surface area contributed by atoms with Crippen molar-refractivity contribution < 1.29 is 9.31 Å². The molecule has 1 saturated heterocycles. The van der Waals surface area contributed by atoms with Gasteiger partial charge in [0.05, 0.1) is 4.92 Å². The molecule has 1 N–H and O–H groups in total. The van der Waals surface area contributed by atoms with Gasteiger partial charge in [-0.25, -0.2) is 0 Å². The second-order valence-corrected chi connectivity index (χ2v) is 3.96. The lowest BCUT2D eigenvalue weighted by molar-refractivity contribution is -0.387. The second-order valence-electron chi connectivity index (χ2n) is 3.96. The summed E-state index contributed by atoms with van der Waals surface area (Å²) in [4.78, 5) is 9.94. The van der Waals surface area contributed by atoms with E-state index in [9.17, 15) is 14.5 Å². The molecule has 16 heavy (non-hydrogen) atoms. The predicted molar refractivity (Wildman–Crippen MR) is 57.9 cm³/mol. The predicted octanol–water partition coefficient (Wildman–Crippen LogP) is 2.20. The van der Waals surface area contributed by atoms with Crippen molar-refractivity contribution >= 4 is 5.69 Å². The molecule has 0 spiro atoms. The molecule has 0 atom stereocenters. The Kier molecular flexibility index (Phi) is 3.14. The third-order valence-electron chi connectivity index (χ3n) is 2.98. The second kappa shape index (κ2) is 4.57. The van der Waals surface area contributed by atoms with Crippen molar-refractivity contribution in [3.8, 4) is 0 Å². The van der Waals surface area contributed by atoms with Crippen molar-refractivity contribution in [3.63, 3.8) is 0 Å². The van der Waals surface area contributed by atoms with Gasteiger partial charge in [-0.15, -0.1) is 0 Å². The van der Waals surface area contributed by atoms with Crippen molar-refractivity contribution in [2.45, 2.75) is 18.8 Å². The Hall–Kier alpha value is -1.49. The monoisotopic (exact) mass is 224 g/mol. The van der Waals surface area contributed by atoms with Gasteiger partial charge in [0.25, 0.3) is 0 Å². The number of nitrogens with zero attached hydrogens (tertiary/aromatic N) is 1. The molecule has 0 amide bonds. The number of rotatable bonds is 2. The lowest BCUT2D eigenvalue weighted by atomic mass is 9.89. The summed E-state index contributed by atoms with van der Waals surface area (Å²) in [6, 6.07) is 4.41. The molecule has 86 valence electrons. The number of nitrogens with one attached hydrogen (secondary N) is 1. The molecule has 5 heteroatoms. The maximum atomic E-state index is 13.8. The summed E-state index contributed by atoms with van der Waals surface area (Å²) in [7, 11) is 0. The Balaban J connectivity index is 2.33. The zero-order valence-electron chi connectivity index (χ0n) is 8.78. The topological polar surface area (TPSA) is 55.2 Å². The largest absolute Gasteiger partial charge is 0.317 e. The van der Waals surface area contributed by atoms with Gasteiger partial charge in [0.2, 0.25) is 5.82 Å². The van der Waals surface area contributed by atoms with Crippen LogP contribution in [0.5, 0.6) is 0 Å². The van der Waals surface area contributed by atoms with Crippen LogP contribution in [0, 0.1) is 15.9 Å². The van der Waals surface area contributed by atoms with E-state index >= 15 is 0 Å². The van der Waals surface area contributed by atoms with E-state index < -0.39 is 16.4 Å². The molecule has 1 fully saturated rings. The number of nitro groups is 1. The lowest BCUT2D eigenvalue weighted by Gasteiger charge is -2.23. The van der Waals surface area contributed by atoms with E-state index in [0.717, 1.165) is 25.9 Å². The van der Waals surface area contributed by atoms with Crippen LogP contribution in [-0.2, 0) is 0 Å². The Morgan fingerprint density at radius 3 is 2.69 bits per heavy atom. The van der Waals surface area contributed by atoms with Crippen LogP contribution in [0.4, 0.5) is 10.1 Å². The Morgan fingerprint density at radius 1 is 1.38 bits per heavy atom. The van der Waals surface area contributed by atoms with Gasteiger partial charge in [-0.1, -0.05) is 12.1 Å². The van der Waals surface area contributed by atoms with Gasteiger partial charge in [0.1, 0.15) is 0 Å². The highest BCUT2D eigenvalue weighted by Gasteiger charge is 2.24. The van der Waals surface area contributed by atoms with E-state index in [4.69, 9.17) is 0 Å². The first-order chi connectivity index (χ1) is 7.70. The molecule has 1 aromatic rings. The lowest BCUT2D eigenvalue weighted by Crippen LogP contribution is -2.27. The summed E-state index contributed by atoms with van der Waals surface area (Å²) < 4.78 is 13.8. The summed E-state index contributed by atoms with van der Waals surface area (Å²) in [5.74, 6) is -0.569. The maximum absolute atomic E-state index is 13.8. The van der Waals surface area contributed by atoms with Gasteiger partial charge in [0.15, 0.2) is 0 Å². The van der Waals surface area contributed by atoms with Gasteiger partial charge < -0.3 is 5.32 Å². The maximum Gasteiger partial charge on any atom is 0.305 e. The summed E-state index contributed by atoms with van der Waals surface area (Å²) in [5, 5.41) is 13.8. The highest BCUT2D eigenvalue weighted by molar-refractivity contribution is 5.38. The summed E-state index contributed by atoms with van der Waals surface area (Å²) in [5.41, 5.74) is 0.0618. The Morgan fingerprint density at radius 2 is 2.06 bits per heavy atom. The molecular formula is C11H13FN2O2. The Labute approximate surface area is 92.6 Å². The summed E-state index contributed by atoms with van der Waals surface area (Å²) >= 11 is 0. The highest BCUT2D eigenvalue weighted by Crippen LogP contribution is 2.31. The van der Waals surface area contributed by atoms with Crippen LogP contribution in [0.2, 0.25) is 0 Å². The van der Waals surface area contributed by atoms with Crippen molar-refractivity contribution in [1.29, 1.82) is 0 Å². The van der Waals surface area contributed by atoms with Crippen molar-refractivity contribution in [2.24, 2.45) is 0 Å². The molecule has 1 aliphatic rings. The number of piperidine rings is 1. The normalized spacial score (nSPS) is 17.3. The van der Waals surface area contributed by atoms with Crippen molar-refractivity contribution in [3.05, 3.63) is 39.7 Å². The zero-order valence-corrected chi connectivity index (χ0v) is 8.78. The molecule has 0 aromatic heterocycles. The minimum Gasteiger partial charge on any atom is -0.317 e. The highest BCUT2D eigenvalue weighted by atomic mass is 19.1. The molecular weight excluding hydrogens is 211 g/mol. The molecule has 0 bridgehead atoms. The van der Waals surface area contributed by atoms with Crippen LogP contribution < -0.4 is 5.32 Å². The first kappa shape index (κ1) is 11.0. The third kappa shape index (κ3) is 2.04. The average Bonchev–Trinajstić information content (AvgIpc) is 2.30. The van der Waals surface area contributed by atoms with Crippen LogP contribution in [0.1, 0.15) is 24.3 Å². The Bertz CT molecular complexity index is 403. The fraction of sp³-hybridized carbons (Fsp3) is 0.455. The molecule has 0 aliphatic carbocycles. The molecule has 1 aromatic carbocycles. The van der Waals surface area contributed by atoms with Crippen LogP contribution >= 0.6 is 0 Å². The number of benzene rings is 1. The number of hydrogen-bond donors (Lipinski definition) is 1. The van der Waals surface area contributed by atoms with Gasteiger partial charge in [-0.2, -0.15) is 4.39 Å².